The molecule has 0 aliphatic heterocycles. The Balaban J connectivity index is 2.22. The Hall–Kier alpha value is -1.84. The molecule has 17 heavy (non-hydrogen) atoms. The molecule has 0 saturated heterocycles. The van der Waals surface area contributed by atoms with Gasteiger partial charge in [0.15, 0.2) is 0 Å². The number of carbonyl (C=O) groups excluding carboxylic acids is 2. The standard InChI is InChI=1S/C13H16N2O2/c1-8-10(13(17)14-2)4-3-5-11(8)15-12(16)9-6-7-9/h3-5,9H,6-7H2,1-2H3,(H,14,17)(H,15,16). The molecule has 0 heterocycles. The van der Waals surface area contributed by atoms with Gasteiger partial charge in [0.2, 0.25) is 5.91 Å². The number of anilines is 1. The zero-order valence-corrected chi connectivity index (χ0v) is 10.0. The SMILES string of the molecule is CNC(=O)c1cccc(NC(=O)C2CC2)c1C. The molecule has 1 saturated carbocycles. The molecule has 0 unspecified atom stereocenters. The van der Waals surface area contributed by atoms with Gasteiger partial charge < -0.3 is 10.6 Å². The van der Waals surface area contributed by atoms with E-state index < -0.39 is 0 Å². The normalized spacial score (nSPS) is 14.2. The second-order valence-electron chi connectivity index (χ2n) is 4.32. The predicted octanol–water partition coefficient (Wildman–Crippen LogP) is 1.70. The predicted molar refractivity (Wildman–Crippen MR) is 65.9 cm³/mol. The largest absolute Gasteiger partial charge is 0.355 e. The lowest BCUT2D eigenvalue weighted by Crippen LogP contribution is -2.20. The van der Waals surface area contributed by atoms with Crippen LogP contribution in [0.1, 0.15) is 28.8 Å². The molecule has 0 atom stereocenters. The summed E-state index contributed by atoms with van der Waals surface area (Å²) >= 11 is 0. The summed E-state index contributed by atoms with van der Waals surface area (Å²) in [5, 5.41) is 5.46. The van der Waals surface area contributed by atoms with Crippen molar-refractivity contribution in [1.29, 1.82) is 0 Å². The Labute approximate surface area is 100 Å². The Morgan fingerprint density at radius 2 is 2.00 bits per heavy atom. The lowest BCUT2D eigenvalue weighted by Gasteiger charge is -2.11. The van der Waals surface area contributed by atoms with Crippen molar-refractivity contribution < 1.29 is 9.59 Å². The number of carbonyl (C=O) groups is 2. The summed E-state index contributed by atoms with van der Waals surface area (Å²) in [6, 6.07) is 5.35. The van der Waals surface area contributed by atoms with Gasteiger partial charge >= 0.3 is 0 Å². The highest BCUT2D eigenvalue weighted by molar-refractivity contribution is 6.00. The smallest absolute Gasteiger partial charge is 0.251 e. The van der Waals surface area contributed by atoms with Crippen LogP contribution in [0.3, 0.4) is 0 Å². The Morgan fingerprint density at radius 3 is 2.59 bits per heavy atom. The summed E-state index contributed by atoms with van der Waals surface area (Å²) in [4.78, 5) is 23.3. The zero-order valence-electron chi connectivity index (χ0n) is 10.0. The molecule has 90 valence electrons. The highest BCUT2D eigenvalue weighted by Crippen LogP contribution is 2.31. The van der Waals surface area contributed by atoms with Crippen molar-refractivity contribution in [2.24, 2.45) is 5.92 Å². The maximum atomic E-state index is 11.7. The third kappa shape index (κ3) is 2.46. The lowest BCUT2D eigenvalue weighted by atomic mass is 10.1. The van der Waals surface area contributed by atoms with E-state index >= 15 is 0 Å². The van der Waals surface area contributed by atoms with Crippen LogP contribution in [-0.2, 0) is 4.79 Å². The van der Waals surface area contributed by atoms with Gasteiger partial charge in [-0.3, -0.25) is 9.59 Å². The summed E-state index contributed by atoms with van der Waals surface area (Å²) in [5.74, 6) is 0.0882. The van der Waals surface area contributed by atoms with E-state index in [-0.39, 0.29) is 17.7 Å². The van der Waals surface area contributed by atoms with Crippen LogP contribution >= 0.6 is 0 Å². The molecule has 0 spiro atoms. The van der Waals surface area contributed by atoms with Crippen LogP contribution in [0, 0.1) is 12.8 Å². The summed E-state index contributed by atoms with van der Waals surface area (Å²) in [6.45, 7) is 1.84. The monoisotopic (exact) mass is 232 g/mol. The highest BCUT2D eigenvalue weighted by Gasteiger charge is 2.29. The summed E-state index contributed by atoms with van der Waals surface area (Å²) in [7, 11) is 1.59. The zero-order chi connectivity index (χ0) is 12.4. The van der Waals surface area contributed by atoms with Crippen molar-refractivity contribution in [2.75, 3.05) is 12.4 Å². The van der Waals surface area contributed by atoms with Gasteiger partial charge in [0.05, 0.1) is 0 Å². The first-order valence-corrected chi connectivity index (χ1v) is 5.76. The molecular weight excluding hydrogens is 216 g/mol. The lowest BCUT2D eigenvalue weighted by molar-refractivity contribution is -0.117. The Morgan fingerprint density at radius 1 is 1.29 bits per heavy atom. The average Bonchev–Trinajstić information content (AvgIpc) is 3.14. The van der Waals surface area contributed by atoms with Crippen LogP contribution in [0.15, 0.2) is 18.2 Å². The fourth-order valence-electron chi connectivity index (χ4n) is 1.73. The third-order valence-corrected chi connectivity index (χ3v) is 3.01. The van der Waals surface area contributed by atoms with E-state index in [1.54, 1.807) is 19.2 Å². The Bertz CT molecular complexity index is 464. The molecule has 2 amide bonds. The quantitative estimate of drug-likeness (QED) is 0.833. The van der Waals surface area contributed by atoms with E-state index in [2.05, 4.69) is 10.6 Å². The topological polar surface area (TPSA) is 58.2 Å². The van der Waals surface area contributed by atoms with Crippen LogP contribution in [0.4, 0.5) is 5.69 Å². The van der Waals surface area contributed by atoms with Gasteiger partial charge in [-0.05, 0) is 37.5 Å². The Kier molecular flexibility index (Phi) is 3.13. The molecule has 0 bridgehead atoms. The molecule has 1 fully saturated rings. The van der Waals surface area contributed by atoms with Crippen molar-refractivity contribution >= 4 is 17.5 Å². The van der Waals surface area contributed by atoms with Crippen LogP contribution in [0.2, 0.25) is 0 Å². The van der Waals surface area contributed by atoms with E-state index in [9.17, 15) is 9.59 Å². The molecule has 0 aromatic heterocycles. The third-order valence-electron chi connectivity index (χ3n) is 3.01. The van der Waals surface area contributed by atoms with Crippen LogP contribution in [0.25, 0.3) is 0 Å². The molecule has 0 radical (unpaired) electrons. The van der Waals surface area contributed by atoms with Gasteiger partial charge in [-0.25, -0.2) is 0 Å². The van der Waals surface area contributed by atoms with Gasteiger partial charge in [0.25, 0.3) is 5.91 Å². The van der Waals surface area contributed by atoms with E-state index in [0.717, 1.165) is 24.1 Å². The molecule has 4 nitrogen and oxygen atoms in total. The summed E-state index contributed by atoms with van der Waals surface area (Å²) in [6.07, 6.45) is 1.94. The average molecular weight is 232 g/mol. The van der Waals surface area contributed by atoms with Gasteiger partial charge in [0, 0.05) is 24.2 Å². The first-order valence-electron chi connectivity index (χ1n) is 5.76. The second kappa shape index (κ2) is 4.57. The first kappa shape index (κ1) is 11.6. The molecule has 1 aliphatic rings. The van der Waals surface area contributed by atoms with E-state index in [1.165, 1.54) is 0 Å². The number of rotatable bonds is 3. The van der Waals surface area contributed by atoms with Crippen molar-refractivity contribution in [3.8, 4) is 0 Å². The molecule has 1 aliphatic carbocycles. The molecule has 4 heteroatoms. The van der Waals surface area contributed by atoms with Gasteiger partial charge in [-0.1, -0.05) is 6.07 Å². The minimum atomic E-state index is -0.134. The molecule has 1 aromatic carbocycles. The van der Waals surface area contributed by atoms with Gasteiger partial charge in [-0.15, -0.1) is 0 Å². The van der Waals surface area contributed by atoms with Crippen LogP contribution in [0.5, 0.6) is 0 Å². The maximum Gasteiger partial charge on any atom is 0.251 e. The van der Waals surface area contributed by atoms with Crippen molar-refractivity contribution in [3.63, 3.8) is 0 Å². The number of benzene rings is 1. The van der Waals surface area contributed by atoms with Gasteiger partial charge in [-0.2, -0.15) is 0 Å². The summed E-state index contributed by atoms with van der Waals surface area (Å²) in [5.41, 5.74) is 2.13. The fraction of sp³-hybridized carbons (Fsp3) is 0.385. The van der Waals surface area contributed by atoms with Crippen LogP contribution in [-0.4, -0.2) is 18.9 Å². The minimum Gasteiger partial charge on any atom is -0.355 e. The number of hydrogen-bond acceptors (Lipinski definition) is 2. The highest BCUT2D eigenvalue weighted by atomic mass is 16.2. The molecule has 1 aromatic rings. The minimum absolute atomic E-state index is 0.0576. The van der Waals surface area contributed by atoms with Crippen molar-refractivity contribution in [2.45, 2.75) is 19.8 Å². The molecule has 2 rings (SSSR count). The number of hydrogen-bond donors (Lipinski definition) is 2. The number of nitrogens with one attached hydrogen (secondary N) is 2. The molecule has 2 N–H and O–H groups in total. The van der Waals surface area contributed by atoms with Crippen molar-refractivity contribution in [3.05, 3.63) is 29.3 Å². The summed E-state index contributed by atoms with van der Waals surface area (Å²) < 4.78 is 0. The van der Waals surface area contributed by atoms with Crippen molar-refractivity contribution in [1.82, 2.24) is 5.32 Å². The second-order valence-corrected chi connectivity index (χ2v) is 4.32. The van der Waals surface area contributed by atoms with Gasteiger partial charge in [0.1, 0.15) is 0 Å². The van der Waals surface area contributed by atoms with E-state index in [0.29, 0.717) is 5.56 Å². The maximum absolute atomic E-state index is 11.7. The van der Waals surface area contributed by atoms with E-state index in [4.69, 9.17) is 0 Å². The first-order chi connectivity index (χ1) is 8.13. The number of amides is 2. The molecular formula is C13H16N2O2. The fourth-order valence-corrected chi connectivity index (χ4v) is 1.73. The van der Waals surface area contributed by atoms with Crippen LogP contribution < -0.4 is 10.6 Å². The van der Waals surface area contributed by atoms with E-state index in [1.807, 2.05) is 13.0 Å².